The average Bonchev–Trinajstić information content (AvgIpc) is 3.28. The van der Waals surface area contributed by atoms with Gasteiger partial charge in [0.25, 0.3) is 0 Å². The molecule has 4 rings (SSSR count). The van der Waals surface area contributed by atoms with Crippen molar-refractivity contribution in [1.82, 2.24) is 0 Å². The lowest BCUT2D eigenvalue weighted by atomic mass is 9.95. The van der Waals surface area contributed by atoms with Crippen molar-refractivity contribution < 1.29 is 9.15 Å². The van der Waals surface area contributed by atoms with Gasteiger partial charge in [0.2, 0.25) is 0 Å². The summed E-state index contributed by atoms with van der Waals surface area (Å²) in [6.07, 6.45) is 0. The number of rotatable bonds is 2. The summed E-state index contributed by atoms with van der Waals surface area (Å²) < 4.78 is 11.3. The number of nitrogens with two attached hydrogens (primary N) is 1. The molecule has 0 bridgehead atoms. The monoisotopic (exact) mass is 345 g/mol. The molecule has 5 nitrogen and oxygen atoms in total. The first kappa shape index (κ1) is 15.1. The first-order valence-electron chi connectivity index (χ1n) is 7.39. The average molecular weight is 345 g/mol. The minimum atomic E-state index is 0.180. The molecule has 0 aliphatic rings. The van der Waals surface area contributed by atoms with Crippen LogP contribution >= 0.6 is 11.3 Å². The Bertz CT molecular complexity index is 1210. The lowest BCUT2D eigenvalue weighted by molar-refractivity contribution is 0.414. The van der Waals surface area contributed by atoms with Gasteiger partial charge in [-0.15, -0.1) is 11.3 Å². The van der Waals surface area contributed by atoms with Crippen molar-refractivity contribution in [3.8, 4) is 28.3 Å². The molecule has 0 spiro atoms. The van der Waals surface area contributed by atoms with Crippen molar-refractivity contribution in [3.63, 3.8) is 0 Å². The fourth-order valence-electron chi connectivity index (χ4n) is 3.02. The Balaban J connectivity index is 2.28. The van der Waals surface area contributed by atoms with E-state index >= 15 is 0 Å². The highest BCUT2D eigenvalue weighted by Crippen LogP contribution is 2.44. The van der Waals surface area contributed by atoms with Crippen LogP contribution in [0.2, 0.25) is 0 Å². The maximum atomic E-state index is 9.64. The van der Waals surface area contributed by atoms with Crippen molar-refractivity contribution in [2.24, 2.45) is 0 Å². The molecule has 0 saturated carbocycles. The highest BCUT2D eigenvalue weighted by Gasteiger charge is 2.24. The molecule has 120 valence electrons. The largest absolute Gasteiger partial charge is 0.497 e. The summed E-state index contributed by atoms with van der Waals surface area (Å²) in [6, 6.07) is 13.5. The molecule has 6 heteroatoms. The van der Waals surface area contributed by atoms with Crippen LogP contribution in [0.25, 0.3) is 32.4 Å². The molecule has 0 unspecified atom stereocenters. The molecule has 0 aliphatic heterocycles. The maximum Gasteiger partial charge on any atom is 0.146 e. The number of nitrogen functional groups attached to an aromatic ring is 1. The van der Waals surface area contributed by atoms with E-state index in [-0.39, 0.29) is 16.8 Å². The van der Waals surface area contributed by atoms with Gasteiger partial charge in [-0.3, -0.25) is 0 Å². The van der Waals surface area contributed by atoms with Gasteiger partial charge < -0.3 is 14.9 Å². The van der Waals surface area contributed by atoms with Gasteiger partial charge in [-0.05, 0) is 23.6 Å². The third kappa shape index (κ3) is 2.06. The number of ether oxygens (including phenoxy) is 1. The summed E-state index contributed by atoms with van der Waals surface area (Å²) in [4.78, 5) is 0.865. The number of nitrogens with zero attached hydrogens (tertiary/aromatic N) is 2. The molecule has 0 radical (unpaired) electrons. The molecule has 0 aliphatic carbocycles. The summed E-state index contributed by atoms with van der Waals surface area (Å²) in [5.41, 5.74) is 8.58. The highest BCUT2D eigenvalue weighted by molar-refractivity contribution is 7.13. The number of furan rings is 1. The number of anilines is 1. The number of nitriles is 2. The van der Waals surface area contributed by atoms with Gasteiger partial charge in [0, 0.05) is 21.7 Å². The highest BCUT2D eigenvalue weighted by atomic mass is 32.1. The second kappa shape index (κ2) is 5.55. The van der Waals surface area contributed by atoms with E-state index < -0.39 is 0 Å². The summed E-state index contributed by atoms with van der Waals surface area (Å²) in [5.74, 6) is 0.649. The van der Waals surface area contributed by atoms with Crippen LogP contribution in [-0.2, 0) is 0 Å². The van der Waals surface area contributed by atoms with Crippen LogP contribution in [-0.4, -0.2) is 7.11 Å². The summed E-state index contributed by atoms with van der Waals surface area (Å²) >= 11 is 1.49. The van der Waals surface area contributed by atoms with E-state index in [1.165, 1.54) is 11.3 Å². The second-order valence-corrected chi connectivity index (χ2v) is 6.36. The third-order valence-electron chi connectivity index (χ3n) is 4.15. The zero-order chi connectivity index (χ0) is 17.6. The van der Waals surface area contributed by atoms with E-state index in [1.54, 1.807) is 19.2 Å². The molecule has 4 aromatic rings. The second-order valence-electron chi connectivity index (χ2n) is 5.41. The predicted octanol–water partition coefficient (Wildman–Crippen LogP) is 4.65. The van der Waals surface area contributed by atoms with Crippen LogP contribution in [0, 0.1) is 22.7 Å². The number of hydrogen-bond donors (Lipinski definition) is 1. The molecule has 0 saturated heterocycles. The van der Waals surface area contributed by atoms with Crippen LogP contribution in [0.4, 0.5) is 5.69 Å². The molecule has 2 aromatic carbocycles. The van der Waals surface area contributed by atoms with Crippen molar-refractivity contribution in [1.29, 1.82) is 10.5 Å². The molecule has 2 N–H and O–H groups in total. The van der Waals surface area contributed by atoms with Crippen LogP contribution in [0.3, 0.4) is 0 Å². The van der Waals surface area contributed by atoms with E-state index in [9.17, 15) is 10.5 Å². The fraction of sp³-hybridized carbons (Fsp3) is 0.0526. The minimum absolute atomic E-state index is 0.180. The lowest BCUT2D eigenvalue weighted by Gasteiger charge is -2.08. The van der Waals surface area contributed by atoms with Crippen molar-refractivity contribution in [2.75, 3.05) is 12.8 Å². The van der Waals surface area contributed by atoms with E-state index in [0.717, 1.165) is 10.3 Å². The smallest absolute Gasteiger partial charge is 0.146 e. The normalized spacial score (nSPS) is 10.7. The first-order valence-corrected chi connectivity index (χ1v) is 8.27. The number of methoxy groups -OCH3 is 1. The van der Waals surface area contributed by atoms with Crippen LogP contribution in [0.15, 0.2) is 40.1 Å². The zero-order valence-electron chi connectivity index (χ0n) is 13.2. The molecule has 0 fully saturated rings. The van der Waals surface area contributed by atoms with Gasteiger partial charge in [0.15, 0.2) is 0 Å². The first-order chi connectivity index (χ1) is 12.2. The molecular weight excluding hydrogens is 334 g/mol. The Morgan fingerprint density at radius 3 is 2.60 bits per heavy atom. The molecule has 2 aromatic heterocycles. The fourth-order valence-corrected chi connectivity index (χ4v) is 3.80. The van der Waals surface area contributed by atoms with E-state index in [4.69, 9.17) is 14.9 Å². The van der Waals surface area contributed by atoms with Crippen LogP contribution < -0.4 is 10.5 Å². The topological polar surface area (TPSA) is 96.0 Å². The lowest BCUT2D eigenvalue weighted by Crippen LogP contribution is -1.98. The molecule has 25 heavy (non-hydrogen) atoms. The van der Waals surface area contributed by atoms with Crippen molar-refractivity contribution in [3.05, 3.63) is 46.8 Å². The van der Waals surface area contributed by atoms with Crippen LogP contribution in [0.1, 0.15) is 11.1 Å². The summed E-state index contributed by atoms with van der Waals surface area (Å²) in [6.45, 7) is 0. The van der Waals surface area contributed by atoms with E-state index in [2.05, 4.69) is 12.1 Å². The summed E-state index contributed by atoms with van der Waals surface area (Å²) in [5, 5.41) is 22.6. The van der Waals surface area contributed by atoms with Crippen molar-refractivity contribution >= 4 is 39.0 Å². The Morgan fingerprint density at radius 1 is 1.16 bits per heavy atom. The standard InChI is InChI=1S/C19H11N3O2S/c1-23-10-4-5-11-14(7-10)24-19-16(11)12(8-20)18(22)13(9-21)17(19)15-3-2-6-25-15/h2-7H,22H2,1H3. The van der Waals surface area contributed by atoms with E-state index in [1.807, 2.05) is 23.6 Å². The number of hydrogen-bond acceptors (Lipinski definition) is 6. The summed E-state index contributed by atoms with van der Waals surface area (Å²) in [7, 11) is 1.58. The van der Waals surface area contributed by atoms with Crippen LogP contribution in [0.5, 0.6) is 5.75 Å². The minimum Gasteiger partial charge on any atom is -0.497 e. The quantitative estimate of drug-likeness (QED) is 0.533. The predicted molar refractivity (Wildman–Crippen MR) is 97.4 cm³/mol. The molecule has 0 amide bonds. The Labute approximate surface area is 147 Å². The SMILES string of the molecule is COc1ccc2c(c1)oc1c(-c3cccs3)c(C#N)c(N)c(C#N)c12. The maximum absolute atomic E-state index is 9.64. The zero-order valence-corrected chi connectivity index (χ0v) is 14.0. The van der Waals surface area contributed by atoms with Gasteiger partial charge in [0.1, 0.15) is 29.1 Å². The van der Waals surface area contributed by atoms with Gasteiger partial charge in [-0.2, -0.15) is 10.5 Å². The number of benzene rings is 2. The Morgan fingerprint density at radius 2 is 1.96 bits per heavy atom. The Hall–Kier alpha value is -3.48. The van der Waals surface area contributed by atoms with Gasteiger partial charge in [-0.1, -0.05) is 6.07 Å². The number of fused-ring (bicyclic) bond motifs is 3. The van der Waals surface area contributed by atoms with E-state index in [0.29, 0.717) is 27.9 Å². The number of thiophene rings is 1. The Kier molecular flexibility index (Phi) is 3.35. The van der Waals surface area contributed by atoms with Crippen molar-refractivity contribution in [2.45, 2.75) is 0 Å². The molecule has 0 atom stereocenters. The third-order valence-corrected chi connectivity index (χ3v) is 5.04. The van der Waals surface area contributed by atoms with Gasteiger partial charge in [0.05, 0.1) is 29.5 Å². The van der Waals surface area contributed by atoms with Gasteiger partial charge >= 0.3 is 0 Å². The van der Waals surface area contributed by atoms with Gasteiger partial charge in [-0.25, -0.2) is 0 Å². The molecular formula is C19H11N3O2S. The molecule has 2 heterocycles.